The van der Waals surface area contributed by atoms with Crippen molar-refractivity contribution in [2.45, 2.75) is 20.3 Å². The van der Waals surface area contributed by atoms with Crippen LogP contribution < -0.4 is 4.90 Å². The smallest absolute Gasteiger partial charge is 0.304 e. The summed E-state index contributed by atoms with van der Waals surface area (Å²) in [6.45, 7) is 3.29. The van der Waals surface area contributed by atoms with E-state index in [4.69, 9.17) is 5.11 Å². The van der Waals surface area contributed by atoms with E-state index in [9.17, 15) is 9.59 Å². The van der Waals surface area contributed by atoms with Crippen LogP contribution >= 0.6 is 11.3 Å². The highest BCUT2D eigenvalue weighted by atomic mass is 32.1. The van der Waals surface area contributed by atoms with Crippen LogP contribution in [0.3, 0.4) is 0 Å². The summed E-state index contributed by atoms with van der Waals surface area (Å²) < 4.78 is 0. The van der Waals surface area contributed by atoms with Gasteiger partial charge in [0.2, 0.25) is 5.91 Å². The average Bonchev–Trinajstić information content (AvgIpc) is 2.66. The zero-order valence-corrected chi connectivity index (χ0v) is 10.4. The Morgan fingerprint density at radius 3 is 2.56 bits per heavy atom. The molecule has 16 heavy (non-hydrogen) atoms. The van der Waals surface area contributed by atoms with Gasteiger partial charge in [0, 0.05) is 7.05 Å². The second kappa shape index (κ2) is 4.65. The molecule has 0 fully saturated rings. The third kappa shape index (κ3) is 2.82. The third-order valence-corrected chi connectivity index (χ3v) is 3.26. The Labute approximate surface area is 98.5 Å². The molecular formula is C11H15NO3S. The Hall–Kier alpha value is -1.36. The molecule has 1 rings (SSSR count). The van der Waals surface area contributed by atoms with Gasteiger partial charge >= 0.3 is 5.97 Å². The predicted octanol–water partition coefficient (Wildman–Crippen LogP) is 2.21. The van der Waals surface area contributed by atoms with Gasteiger partial charge in [0.15, 0.2) is 0 Å². The van der Waals surface area contributed by atoms with Gasteiger partial charge in [0.25, 0.3) is 0 Å². The van der Waals surface area contributed by atoms with E-state index in [2.05, 4.69) is 0 Å². The van der Waals surface area contributed by atoms with Crippen LogP contribution in [0.2, 0.25) is 0 Å². The largest absolute Gasteiger partial charge is 0.481 e. The van der Waals surface area contributed by atoms with Crippen molar-refractivity contribution in [3.63, 3.8) is 0 Å². The number of carbonyl (C=O) groups is 2. The number of nitrogens with zero attached hydrogens (tertiary/aromatic N) is 1. The summed E-state index contributed by atoms with van der Waals surface area (Å²) >= 11 is 1.45. The van der Waals surface area contributed by atoms with Crippen LogP contribution in [0.25, 0.3) is 0 Å². The number of carboxylic acid groups (broad SMARTS) is 1. The first kappa shape index (κ1) is 12.7. The van der Waals surface area contributed by atoms with Crippen molar-refractivity contribution in [3.8, 4) is 0 Å². The predicted molar refractivity (Wildman–Crippen MR) is 63.8 cm³/mol. The highest BCUT2D eigenvalue weighted by Crippen LogP contribution is 2.28. The lowest BCUT2D eigenvalue weighted by Gasteiger charge is -2.27. The molecule has 1 heterocycles. The van der Waals surface area contributed by atoms with Crippen LogP contribution in [0, 0.1) is 5.41 Å². The minimum atomic E-state index is -0.960. The van der Waals surface area contributed by atoms with Crippen molar-refractivity contribution in [1.29, 1.82) is 0 Å². The lowest BCUT2D eigenvalue weighted by Crippen LogP contribution is -2.39. The van der Waals surface area contributed by atoms with Gasteiger partial charge in [-0.25, -0.2) is 0 Å². The fourth-order valence-corrected chi connectivity index (χ4v) is 2.16. The van der Waals surface area contributed by atoms with E-state index in [0.29, 0.717) is 0 Å². The summed E-state index contributed by atoms with van der Waals surface area (Å²) in [4.78, 5) is 24.2. The Morgan fingerprint density at radius 2 is 2.12 bits per heavy atom. The van der Waals surface area contributed by atoms with E-state index in [0.717, 1.165) is 5.00 Å². The molecule has 0 aliphatic heterocycles. The lowest BCUT2D eigenvalue weighted by atomic mass is 9.88. The summed E-state index contributed by atoms with van der Waals surface area (Å²) in [6.07, 6.45) is -0.165. The van der Waals surface area contributed by atoms with Crippen molar-refractivity contribution in [1.82, 2.24) is 0 Å². The number of thiophene rings is 1. The molecule has 0 saturated heterocycles. The van der Waals surface area contributed by atoms with E-state index >= 15 is 0 Å². The molecule has 1 aromatic rings. The molecule has 0 bridgehead atoms. The summed E-state index contributed by atoms with van der Waals surface area (Å²) in [5, 5.41) is 11.4. The number of anilines is 1. The third-order valence-electron chi connectivity index (χ3n) is 2.31. The number of hydrogen-bond donors (Lipinski definition) is 1. The number of aliphatic carboxylic acids is 1. The van der Waals surface area contributed by atoms with E-state index in [1.165, 1.54) is 16.2 Å². The molecule has 0 aliphatic rings. The lowest BCUT2D eigenvalue weighted by molar-refractivity contribution is -0.143. The molecule has 0 aromatic carbocycles. The molecule has 0 aliphatic carbocycles. The zero-order valence-electron chi connectivity index (χ0n) is 9.56. The minimum absolute atomic E-state index is 0.165. The van der Waals surface area contributed by atoms with Gasteiger partial charge < -0.3 is 10.0 Å². The minimum Gasteiger partial charge on any atom is -0.481 e. The number of hydrogen-bond acceptors (Lipinski definition) is 3. The Balaban J connectivity index is 2.81. The van der Waals surface area contributed by atoms with Gasteiger partial charge in [-0.2, -0.15) is 0 Å². The molecule has 0 unspecified atom stereocenters. The van der Waals surface area contributed by atoms with E-state index in [1.54, 1.807) is 20.9 Å². The van der Waals surface area contributed by atoms with Gasteiger partial charge in [-0.05, 0) is 17.5 Å². The Kier molecular flexibility index (Phi) is 3.70. The van der Waals surface area contributed by atoms with Gasteiger partial charge in [0.1, 0.15) is 0 Å². The van der Waals surface area contributed by atoms with Gasteiger partial charge in [-0.1, -0.05) is 13.8 Å². The van der Waals surface area contributed by atoms with Crippen LogP contribution in [-0.4, -0.2) is 24.0 Å². The van der Waals surface area contributed by atoms with E-state index in [-0.39, 0.29) is 12.3 Å². The van der Waals surface area contributed by atoms with E-state index in [1.807, 2.05) is 17.5 Å². The first-order valence-corrected chi connectivity index (χ1v) is 5.76. The van der Waals surface area contributed by atoms with Gasteiger partial charge in [0.05, 0.1) is 16.8 Å². The van der Waals surface area contributed by atoms with Crippen LogP contribution in [0.1, 0.15) is 20.3 Å². The topological polar surface area (TPSA) is 57.6 Å². The van der Waals surface area contributed by atoms with Crippen molar-refractivity contribution in [2.75, 3.05) is 11.9 Å². The summed E-state index contributed by atoms with van der Waals surface area (Å²) in [6, 6.07) is 3.69. The molecule has 0 saturated carbocycles. The van der Waals surface area contributed by atoms with Crippen molar-refractivity contribution >= 4 is 28.2 Å². The first-order chi connectivity index (χ1) is 7.34. The number of amides is 1. The summed E-state index contributed by atoms with van der Waals surface area (Å²) in [5.74, 6) is -1.14. The first-order valence-electron chi connectivity index (χ1n) is 4.88. The fraction of sp³-hybridized carbons (Fsp3) is 0.455. The SMILES string of the molecule is CN(C(=O)C(C)(C)CC(=O)O)c1cccs1. The monoisotopic (exact) mass is 241 g/mol. The molecule has 0 atom stereocenters. The number of rotatable bonds is 4. The van der Waals surface area contributed by atoms with Crippen LogP contribution in [-0.2, 0) is 9.59 Å². The highest BCUT2D eigenvalue weighted by Gasteiger charge is 2.33. The molecule has 1 N–H and O–H groups in total. The van der Waals surface area contributed by atoms with Crippen LogP contribution in [0.5, 0.6) is 0 Å². The normalized spacial score (nSPS) is 11.2. The quantitative estimate of drug-likeness (QED) is 0.879. The van der Waals surface area contributed by atoms with Gasteiger partial charge in [-0.3, -0.25) is 9.59 Å². The maximum atomic E-state index is 12.1. The number of carboxylic acids is 1. The number of carbonyl (C=O) groups excluding carboxylic acids is 1. The van der Waals surface area contributed by atoms with Crippen molar-refractivity contribution < 1.29 is 14.7 Å². The fourth-order valence-electron chi connectivity index (χ4n) is 1.47. The maximum Gasteiger partial charge on any atom is 0.304 e. The average molecular weight is 241 g/mol. The molecule has 88 valence electrons. The van der Waals surface area contributed by atoms with Gasteiger partial charge in [-0.15, -0.1) is 11.3 Å². The zero-order chi connectivity index (χ0) is 12.3. The standard InChI is InChI=1S/C11H15NO3S/c1-11(2,7-9(13)14)10(15)12(3)8-5-4-6-16-8/h4-6H,7H2,1-3H3,(H,13,14). The molecular weight excluding hydrogens is 226 g/mol. The Morgan fingerprint density at radius 1 is 1.50 bits per heavy atom. The molecule has 0 radical (unpaired) electrons. The molecule has 5 heteroatoms. The summed E-state index contributed by atoms with van der Waals surface area (Å²) in [5.41, 5.74) is -0.884. The molecule has 1 aromatic heterocycles. The Bertz CT molecular complexity index is 384. The second-order valence-electron chi connectivity index (χ2n) is 4.27. The summed E-state index contributed by atoms with van der Waals surface area (Å²) in [7, 11) is 1.66. The molecule has 1 amide bonds. The van der Waals surface area contributed by atoms with Crippen LogP contribution in [0.4, 0.5) is 5.00 Å². The molecule has 0 spiro atoms. The maximum absolute atomic E-state index is 12.1. The van der Waals surface area contributed by atoms with Crippen LogP contribution in [0.15, 0.2) is 17.5 Å². The highest BCUT2D eigenvalue weighted by molar-refractivity contribution is 7.14. The van der Waals surface area contributed by atoms with E-state index < -0.39 is 11.4 Å². The molecule has 4 nitrogen and oxygen atoms in total. The van der Waals surface area contributed by atoms with Crippen molar-refractivity contribution in [2.24, 2.45) is 5.41 Å². The second-order valence-corrected chi connectivity index (χ2v) is 5.20. The van der Waals surface area contributed by atoms with Crippen molar-refractivity contribution in [3.05, 3.63) is 17.5 Å².